The maximum atomic E-state index is 12.2. The topological polar surface area (TPSA) is 49.3 Å². The lowest BCUT2D eigenvalue weighted by atomic mass is 9.88. The van der Waals surface area contributed by atoms with E-state index in [2.05, 4.69) is 33.4 Å². The molecule has 1 aliphatic carbocycles. The van der Waals surface area contributed by atoms with Gasteiger partial charge in [-0.1, -0.05) is 22.0 Å². The Morgan fingerprint density at radius 3 is 2.67 bits per heavy atom. The van der Waals surface area contributed by atoms with Gasteiger partial charge in [0.2, 0.25) is 0 Å². The fraction of sp³-hybridized carbons (Fsp3) is 0.235. The second kappa shape index (κ2) is 5.90. The lowest BCUT2D eigenvalue weighted by molar-refractivity contribution is 0.0933. The maximum Gasteiger partial charge on any atom is 0.251 e. The number of phenols is 1. The third kappa shape index (κ3) is 3.27. The molecule has 0 spiro atoms. The van der Waals surface area contributed by atoms with Crippen LogP contribution in [0.15, 0.2) is 46.9 Å². The molecule has 108 valence electrons. The van der Waals surface area contributed by atoms with Crippen molar-refractivity contribution in [2.24, 2.45) is 0 Å². The van der Waals surface area contributed by atoms with E-state index >= 15 is 0 Å². The van der Waals surface area contributed by atoms with Gasteiger partial charge in [0.15, 0.2) is 0 Å². The standard InChI is InChI=1S/C17H16BrNO2/c18-14-5-1-13-10-15(6-2-12(13)9-14)19-17(21)11-3-7-16(20)8-4-11/h1,3-5,7-9,15,20H,2,6,10H2,(H,19,21). The first-order valence-electron chi connectivity index (χ1n) is 6.99. The van der Waals surface area contributed by atoms with Gasteiger partial charge in [-0.3, -0.25) is 4.79 Å². The Morgan fingerprint density at radius 1 is 1.14 bits per heavy atom. The van der Waals surface area contributed by atoms with E-state index in [0.29, 0.717) is 5.56 Å². The number of carbonyl (C=O) groups is 1. The molecule has 0 saturated carbocycles. The Kier molecular flexibility index (Phi) is 3.97. The van der Waals surface area contributed by atoms with Crippen LogP contribution in [0.1, 0.15) is 27.9 Å². The minimum Gasteiger partial charge on any atom is -0.508 e. The summed E-state index contributed by atoms with van der Waals surface area (Å²) in [5.74, 6) is 0.0873. The molecule has 2 N–H and O–H groups in total. The Hall–Kier alpha value is -1.81. The first kappa shape index (κ1) is 14.1. The molecule has 0 aromatic heterocycles. The van der Waals surface area contributed by atoms with E-state index in [0.717, 1.165) is 23.7 Å². The van der Waals surface area contributed by atoms with Crippen LogP contribution in [0.4, 0.5) is 0 Å². The van der Waals surface area contributed by atoms with Crippen molar-refractivity contribution in [3.8, 4) is 5.75 Å². The highest BCUT2D eigenvalue weighted by molar-refractivity contribution is 9.10. The van der Waals surface area contributed by atoms with Crippen molar-refractivity contribution in [2.75, 3.05) is 0 Å². The van der Waals surface area contributed by atoms with Gasteiger partial charge in [0.25, 0.3) is 5.91 Å². The predicted octanol–water partition coefficient (Wildman–Crippen LogP) is 3.44. The minimum absolute atomic E-state index is 0.0828. The van der Waals surface area contributed by atoms with Crippen molar-refractivity contribution >= 4 is 21.8 Å². The predicted molar refractivity (Wildman–Crippen MR) is 85.5 cm³/mol. The van der Waals surface area contributed by atoms with Crippen molar-refractivity contribution in [2.45, 2.75) is 25.3 Å². The molecule has 0 aliphatic heterocycles. The average Bonchev–Trinajstić information content (AvgIpc) is 2.48. The second-order valence-corrected chi connectivity index (χ2v) is 6.29. The van der Waals surface area contributed by atoms with Crippen molar-refractivity contribution in [3.63, 3.8) is 0 Å². The minimum atomic E-state index is -0.0828. The molecule has 0 radical (unpaired) electrons. The van der Waals surface area contributed by atoms with Crippen LogP contribution in [0.5, 0.6) is 5.75 Å². The fourth-order valence-electron chi connectivity index (χ4n) is 2.73. The van der Waals surface area contributed by atoms with Gasteiger partial charge in [0.05, 0.1) is 0 Å². The summed E-state index contributed by atoms with van der Waals surface area (Å²) < 4.78 is 1.10. The molecule has 3 rings (SSSR count). The van der Waals surface area contributed by atoms with Crippen LogP contribution in [0, 0.1) is 0 Å². The van der Waals surface area contributed by atoms with Gasteiger partial charge in [-0.25, -0.2) is 0 Å². The number of benzene rings is 2. The summed E-state index contributed by atoms with van der Waals surface area (Å²) in [6, 6.07) is 12.8. The van der Waals surface area contributed by atoms with Crippen LogP contribution in [0.25, 0.3) is 0 Å². The second-order valence-electron chi connectivity index (χ2n) is 5.37. The fourth-order valence-corrected chi connectivity index (χ4v) is 3.14. The van der Waals surface area contributed by atoms with E-state index in [-0.39, 0.29) is 17.7 Å². The number of carbonyl (C=O) groups excluding carboxylic acids is 1. The van der Waals surface area contributed by atoms with Gasteiger partial charge < -0.3 is 10.4 Å². The Labute approximate surface area is 132 Å². The zero-order chi connectivity index (χ0) is 14.8. The molecular weight excluding hydrogens is 330 g/mol. The van der Waals surface area contributed by atoms with Gasteiger partial charge in [0.1, 0.15) is 5.75 Å². The number of halogens is 1. The third-order valence-corrected chi connectivity index (χ3v) is 4.35. The number of hydrogen-bond donors (Lipinski definition) is 2. The monoisotopic (exact) mass is 345 g/mol. The molecule has 1 amide bonds. The number of amides is 1. The van der Waals surface area contributed by atoms with Gasteiger partial charge in [-0.2, -0.15) is 0 Å². The molecule has 0 bridgehead atoms. The molecular formula is C17H16BrNO2. The van der Waals surface area contributed by atoms with Crippen LogP contribution in [-0.4, -0.2) is 17.1 Å². The lowest BCUT2D eigenvalue weighted by Crippen LogP contribution is -2.38. The molecule has 4 heteroatoms. The molecule has 1 atom stereocenters. The Balaban J connectivity index is 1.68. The first-order valence-corrected chi connectivity index (χ1v) is 7.78. The van der Waals surface area contributed by atoms with E-state index < -0.39 is 0 Å². The maximum absolute atomic E-state index is 12.2. The molecule has 2 aromatic rings. The number of phenolic OH excluding ortho intramolecular Hbond substituents is 1. The molecule has 21 heavy (non-hydrogen) atoms. The third-order valence-electron chi connectivity index (χ3n) is 3.86. The van der Waals surface area contributed by atoms with Crippen LogP contribution < -0.4 is 5.32 Å². The van der Waals surface area contributed by atoms with Crippen LogP contribution in [0.3, 0.4) is 0 Å². The van der Waals surface area contributed by atoms with Gasteiger partial charge >= 0.3 is 0 Å². The van der Waals surface area contributed by atoms with E-state index in [1.165, 1.54) is 23.3 Å². The van der Waals surface area contributed by atoms with E-state index in [9.17, 15) is 9.90 Å². The van der Waals surface area contributed by atoms with E-state index in [1.807, 2.05) is 6.07 Å². The summed E-state index contributed by atoms with van der Waals surface area (Å²) in [5, 5.41) is 12.3. The quantitative estimate of drug-likeness (QED) is 0.875. The van der Waals surface area contributed by atoms with Crippen LogP contribution >= 0.6 is 15.9 Å². The zero-order valence-electron chi connectivity index (χ0n) is 11.5. The van der Waals surface area contributed by atoms with E-state index in [4.69, 9.17) is 0 Å². The number of nitrogens with one attached hydrogen (secondary N) is 1. The Morgan fingerprint density at radius 2 is 1.90 bits per heavy atom. The zero-order valence-corrected chi connectivity index (χ0v) is 13.1. The highest BCUT2D eigenvalue weighted by Gasteiger charge is 2.20. The highest BCUT2D eigenvalue weighted by Crippen LogP contribution is 2.25. The number of aromatic hydroxyl groups is 1. The SMILES string of the molecule is O=C(NC1CCc2cc(Br)ccc2C1)c1ccc(O)cc1. The van der Waals surface area contributed by atoms with E-state index in [1.54, 1.807) is 12.1 Å². The molecule has 3 nitrogen and oxygen atoms in total. The van der Waals surface area contributed by atoms with Gasteiger partial charge in [-0.05, 0) is 66.8 Å². The van der Waals surface area contributed by atoms with Crippen LogP contribution in [0.2, 0.25) is 0 Å². The summed E-state index contributed by atoms with van der Waals surface area (Å²) in [7, 11) is 0. The molecule has 0 saturated heterocycles. The number of fused-ring (bicyclic) bond motifs is 1. The average molecular weight is 346 g/mol. The summed E-state index contributed by atoms with van der Waals surface area (Å²) >= 11 is 3.49. The Bertz CT molecular complexity index is 667. The van der Waals surface area contributed by atoms with Crippen molar-refractivity contribution in [3.05, 3.63) is 63.6 Å². The largest absolute Gasteiger partial charge is 0.508 e. The molecule has 0 heterocycles. The normalized spacial score (nSPS) is 17.1. The molecule has 0 fully saturated rings. The smallest absolute Gasteiger partial charge is 0.251 e. The molecule has 1 unspecified atom stereocenters. The number of hydrogen-bond acceptors (Lipinski definition) is 2. The first-order chi connectivity index (χ1) is 10.1. The summed E-state index contributed by atoms with van der Waals surface area (Å²) in [6.07, 6.45) is 2.80. The van der Waals surface area contributed by atoms with Crippen LogP contribution in [-0.2, 0) is 12.8 Å². The number of rotatable bonds is 2. The van der Waals surface area contributed by atoms with Gasteiger partial charge in [-0.15, -0.1) is 0 Å². The summed E-state index contributed by atoms with van der Waals surface area (Å²) in [6.45, 7) is 0. The van der Waals surface area contributed by atoms with Crippen molar-refractivity contribution < 1.29 is 9.90 Å². The highest BCUT2D eigenvalue weighted by atomic mass is 79.9. The van der Waals surface area contributed by atoms with Crippen molar-refractivity contribution in [1.29, 1.82) is 0 Å². The lowest BCUT2D eigenvalue weighted by Gasteiger charge is -2.25. The molecule has 1 aliphatic rings. The summed E-state index contributed by atoms with van der Waals surface area (Å²) in [5.41, 5.74) is 3.24. The van der Waals surface area contributed by atoms with Crippen molar-refractivity contribution in [1.82, 2.24) is 5.32 Å². The summed E-state index contributed by atoms with van der Waals surface area (Å²) in [4.78, 5) is 12.2. The molecule has 2 aromatic carbocycles. The number of aryl methyl sites for hydroxylation is 1. The van der Waals surface area contributed by atoms with Gasteiger partial charge in [0, 0.05) is 16.1 Å².